The molecule has 1 amide bonds. The Kier molecular flexibility index (Phi) is 4.64. The van der Waals surface area contributed by atoms with Gasteiger partial charge in [0.25, 0.3) is 0 Å². The Morgan fingerprint density at radius 1 is 1.50 bits per heavy atom. The molecule has 0 aliphatic rings. The van der Waals surface area contributed by atoms with Crippen LogP contribution in [-0.4, -0.2) is 12.5 Å². The highest BCUT2D eigenvalue weighted by Crippen LogP contribution is 2.25. The first kappa shape index (κ1) is 12.4. The van der Waals surface area contributed by atoms with Crippen LogP contribution in [0.25, 0.3) is 0 Å². The normalized spacial score (nSPS) is 9.88. The number of amides is 1. The Morgan fingerprint density at radius 2 is 2.25 bits per heavy atom. The molecule has 1 aromatic carbocycles. The van der Waals surface area contributed by atoms with E-state index < -0.39 is 0 Å². The monoisotopic (exact) mass is 222 g/mol. The molecule has 0 aliphatic carbocycles. The molecule has 88 valence electrons. The Balaban J connectivity index is 2.64. The maximum atomic E-state index is 10.8. The van der Waals surface area contributed by atoms with E-state index in [9.17, 15) is 4.79 Å². The number of hydrogen-bond donors (Lipinski definition) is 2. The SMILES string of the molecule is CCCCOc1ccc(NC(C)=O)cc1N. The number of nitrogen functional groups attached to an aromatic ring is 1. The van der Waals surface area contributed by atoms with E-state index in [1.54, 1.807) is 18.2 Å². The molecule has 1 rings (SSSR count). The molecule has 0 saturated carbocycles. The van der Waals surface area contributed by atoms with Gasteiger partial charge in [0.15, 0.2) is 0 Å². The Labute approximate surface area is 95.8 Å². The summed E-state index contributed by atoms with van der Waals surface area (Å²) in [7, 11) is 0. The van der Waals surface area contributed by atoms with Crippen molar-refractivity contribution in [1.82, 2.24) is 0 Å². The largest absolute Gasteiger partial charge is 0.491 e. The van der Waals surface area contributed by atoms with Crippen LogP contribution >= 0.6 is 0 Å². The summed E-state index contributed by atoms with van der Waals surface area (Å²) in [4.78, 5) is 10.8. The minimum atomic E-state index is -0.112. The van der Waals surface area contributed by atoms with Crippen molar-refractivity contribution in [3.63, 3.8) is 0 Å². The van der Waals surface area contributed by atoms with Gasteiger partial charge in [-0.1, -0.05) is 13.3 Å². The summed E-state index contributed by atoms with van der Waals surface area (Å²) < 4.78 is 5.50. The lowest BCUT2D eigenvalue weighted by Gasteiger charge is -2.10. The van der Waals surface area contributed by atoms with Gasteiger partial charge in [0, 0.05) is 12.6 Å². The van der Waals surface area contributed by atoms with E-state index in [-0.39, 0.29) is 5.91 Å². The van der Waals surface area contributed by atoms with Crippen LogP contribution in [0.5, 0.6) is 5.75 Å². The summed E-state index contributed by atoms with van der Waals surface area (Å²) in [6.45, 7) is 4.23. The van der Waals surface area contributed by atoms with Gasteiger partial charge in [-0.25, -0.2) is 0 Å². The first-order valence-electron chi connectivity index (χ1n) is 5.43. The third kappa shape index (κ3) is 3.81. The molecule has 0 spiro atoms. The van der Waals surface area contributed by atoms with Crippen LogP contribution in [0.4, 0.5) is 11.4 Å². The average molecular weight is 222 g/mol. The number of anilines is 2. The smallest absolute Gasteiger partial charge is 0.221 e. The molecular formula is C12H18N2O2. The van der Waals surface area contributed by atoms with Gasteiger partial charge in [0.2, 0.25) is 5.91 Å². The zero-order valence-corrected chi connectivity index (χ0v) is 9.75. The number of carbonyl (C=O) groups is 1. The van der Waals surface area contributed by atoms with Crippen LogP contribution in [0.1, 0.15) is 26.7 Å². The quantitative estimate of drug-likeness (QED) is 0.594. The van der Waals surface area contributed by atoms with Crippen molar-refractivity contribution in [1.29, 1.82) is 0 Å². The zero-order chi connectivity index (χ0) is 12.0. The third-order valence-corrected chi connectivity index (χ3v) is 2.09. The molecule has 0 fully saturated rings. The minimum absolute atomic E-state index is 0.112. The number of unbranched alkanes of at least 4 members (excludes halogenated alkanes) is 1. The number of nitrogens with two attached hydrogens (primary N) is 1. The topological polar surface area (TPSA) is 64.3 Å². The van der Waals surface area contributed by atoms with Crippen molar-refractivity contribution in [2.75, 3.05) is 17.7 Å². The van der Waals surface area contributed by atoms with Gasteiger partial charge in [-0.2, -0.15) is 0 Å². The molecule has 1 aromatic rings. The van der Waals surface area contributed by atoms with Crippen molar-refractivity contribution in [2.24, 2.45) is 0 Å². The predicted molar refractivity (Wildman–Crippen MR) is 65.6 cm³/mol. The fraction of sp³-hybridized carbons (Fsp3) is 0.417. The van der Waals surface area contributed by atoms with E-state index in [1.807, 2.05) is 0 Å². The molecule has 4 heteroatoms. The number of benzene rings is 1. The first-order chi connectivity index (χ1) is 7.63. The molecule has 0 bridgehead atoms. The van der Waals surface area contributed by atoms with Crippen LogP contribution in [0, 0.1) is 0 Å². The number of rotatable bonds is 5. The van der Waals surface area contributed by atoms with E-state index >= 15 is 0 Å². The van der Waals surface area contributed by atoms with Crippen LogP contribution in [0.3, 0.4) is 0 Å². The second-order valence-corrected chi connectivity index (χ2v) is 3.64. The van der Waals surface area contributed by atoms with Gasteiger partial charge in [-0.3, -0.25) is 4.79 Å². The predicted octanol–water partition coefficient (Wildman–Crippen LogP) is 2.41. The average Bonchev–Trinajstić information content (AvgIpc) is 2.20. The van der Waals surface area contributed by atoms with Gasteiger partial charge in [-0.05, 0) is 24.6 Å². The Morgan fingerprint density at radius 3 is 2.81 bits per heavy atom. The molecule has 0 unspecified atom stereocenters. The number of ether oxygens (including phenoxy) is 1. The van der Waals surface area contributed by atoms with Crippen molar-refractivity contribution >= 4 is 17.3 Å². The lowest BCUT2D eigenvalue weighted by Crippen LogP contribution is -2.06. The Hall–Kier alpha value is -1.71. The molecule has 0 aromatic heterocycles. The minimum Gasteiger partial charge on any atom is -0.491 e. The van der Waals surface area contributed by atoms with E-state index in [0.29, 0.717) is 23.7 Å². The fourth-order valence-corrected chi connectivity index (χ4v) is 1.29. The summed E-state index contributed by atoms with van der Waals surface area (Å²) >= 11 is 0. The van der Waals surface area contributed by atoms with E-state index in [1.165, 1.54) is 6.92 Å². The number of nitrogens with one attached hydrogen (secondary N) is 1. The van der Waals surface area contributed by atoms with E-state index in [2.05, 4.69) is 12.2 Å². The van der Waals surface area contributed by atoms with Crippen LogP contribution in [0.2, 0.25) is 0 Å². The van der Waals surface area contributed by atoms with Crippen molar-refractivity contribution < 1.29 is 9.53 Å². The van der Waals surface area contributed by atoms with Gasteiger partial charge < -0.3 is 15.8 Å². The summed E-state index contributed by atoms with van der Waals surface area (Å²) in [6.07, 6.45) is 2.09. The number of carbonyl (C=O) groups excluding carboxylic acids is 1. The molecule has 4 nitrogen and oxygen atoms in total. The van der Waals surface area contributed by atoms with E-state index in [0.717, 1.165) is 12.8 Å². The summed E-state index contributed by atoms with van der Waals surface area (Å²) in [6, 6.07) is 5.25. The zero-order valence-electron chi connectivity index (χ0n) is 9.75. The molecular weight excluding hydrogens is 204 g/mol. The maximum absolute atomic E-state index is 10.8. The lowest BCUT2D eigenvalue weighted by atomic mass is 10.2. The van der Waals surface area contributed by atoms with Gasteiger partial charge in [0.1, 0.15) is 5.75 Å². The third-order valence-electron chi connectivity index (χ3n) is 2.09. The molecule has 0 heterocycles. The summed E-state index contributed by atoms with van der Waals surface area (Å²) in [5, 5.41) is 2.67. The maximum Gasteiger partial charge on any atom is 0.221 e. The van der Waals surface area contributed by atoms with Crippen LogP contribution in [0.15, 0.2) is 18.2 Å². The molecule has 16 heavy (non-hydrogen) atoms. The van der Waals surface area contributed by atoms with Gasteiger partial charge in [0.05, 0.1) is 12.3 Å². The highest BCUT2D eigenvalue weighted by Gasteiger charge is 2.02. The molecule has 0 saturated heterocycles. The molecule has 0 aliphatic heterocycles. The standard InChI is InChI=1S/C12H18N2O2/c1-3-4-7-16-12-6-5-10(8-11(12)13)14-9(2)15/h5-6,8H,3-4,7,13H2,1-2H3,(H,14,15). The van der Waals surface area contributed by atoms with Gasteiger partial charge in [-0.15, -0.1) is 0 Å². The van der Waals surface area contributed by atoms with E-state index in [4.69, 9.17) is 10.5 Å². The van der Waals surface area contributed by atoms with Crippen molar-refractivity contribution in [3.05, 3.63) is 18.2 Å². The Bertz CT molecular complexity index is 364. The summed E-state index contributed by atoms with van der Waals surface area (Å²) in [5.41, 5.74) is 7.03. The van der Waals surface area contributed by atoms with Crippen molar-refractivity contribution in [3.8, 4) is 5.75 Å². The number of hydrogen-bond acceptors (Lipinski definition) is 3. The highest BCUT2D eigenvalue weighted by molar-refractivity contribution is 5.89. The highest BCUT2D eigenvalue weighted by atomic mass is 16.5. The molecule has 0 radical (unpaired) electrons. The van der Waals surface area contributed by atoms with Crippen molar-refractivity contribution in [2.45, 2.75) is 26.7 Å². The molecule has 3 N–H and O–H groups in total. The lowest BCUT2D eigenvalue weighted by molar-refractivity contribution is -0.114. The van der Waals surface area contributed by atoms with Crippen LogP contribution in [-0.2, 0) is 4.79 Å². The summed E-state index contributed by atoms with van der Waals surface area (Å²) in [5.74, 6) is 0.557. The second-order valence-electron chi connectivity index (χ2n) is 3.64. The fourth-order valence-electron chi connectivity index (χ4n) is 1.29. The van der Waals surface area contributed by atoms with Gasteiger partial charge >= 0.3 is 0 Å². The second kappa shape index (κ2) is 6.00. The first-order valence-corrected chi connectivity index (χ1v) is 5.43. The van der Waals surface area contributed by atoms with Crippen LogP contribution < -0.4 is 15.8 Å². The molecule has 0 atom stereocenters.